The van der Waals surface area contributed by atoms with Crippen molar-refractivity contribution in [1.29, 1.82) is 0 Å². The van der Waals surface area contributed by atoms with Crippen LogP contribution in [0.1, 0.15) is 33.1 Å². The first-order valence-electron chi connectivity index (χ1n) is 8.82. The number of amides is 1. The van der Waals surface area contributed by atoms with E-state index in [9.17, 15) is 17.6 Å². The molecule has 1 N–H and O–H groups in total. The van der Waals surface area contributed by atoms with E-state index in [1.165, 1.54) is 6.07 Å². The zero-order chi connectivity index (χ0) is 19.3. The molecule has 0 saturated carbocycles. The summed E-state index contributed by atoms with van der Waals surface area (Å²) in [5.41, 5.74) is -0.129. The van der Waals surface area contributed by atoms with Crippen molar-refractivity contribution in [3.63, 3.8) is 0 Å². The molecule has 0 aromatic heterocycles. The fourth-order valence-electron chi connectivity index (χ4n) is 2.88. The Labute approximate surface area is 154 Å². The molecule has 1 saturated heterocycles. The Hall–Kier alpha value is -1.51. The van der Waals surface area contributed by atoms with Crippen LogP contribution in [-0.4, -0.2) is 57.3 Å². The molecule has 1 aliphatic heterocycles. The van der Waals surface area contributed by atoms with Gasteiger partial charge >= 0.3 is 0 Å². The molecule has 0 radical (unpaired) electrons. The van der Waals surface area contributed by atoms with E-state index in [1.807, 2.05) is 18.7 Å². The summed E-state index contributed by atoms with van der Waals surface area (Å²) in [4.78, 5) is 14.3. The molecular formula is C18H27FN2O4S. The summed E-state index contributed by atoms with van der Waals surface area (Å²) < 4.78 is 42.9. The van der Waals surface area contributed by atoms with E-state index in [4.69, 9.17) is 4.74 Å². The van der Waals surface area contributed by atoms with Gasteiger partial charge in [0.2, 0.25) is 5.91 Å². The van der Waals surface area contributed by atoms with E-state index >= 15 is 0 Å². The van der Waals surface area contributed by atoms with E-state index in [0.717, 1.165) is 44.3 Å². The number of carbonyl (C=O) groups excluding carboxylic acids is 1. The number of hydrogen-bond acceptors (Lipinski definition) is 5. The molecule has 0 spiro atoms. The summed E-state index contributed by atoms with van der Waals surface area (Å²) in [6, 6.07) is 3.49. The van der Waals surface area contributed by atoms with Crippen molar-refractivity contribution in [1.82, 2.24) is 4.90 Å². The highest BCUT2D eigenvalue weighted by atomic mass is 32.2. The fourth-order valence-corrected chi connectivity index (χ4v) is 3.52. The Balaban J connectivity index is 2.03. The first-order valence-corrected chi connectivity index (χ1v) is 10.7. The van der Waals surface area contributed by atoms with Crippen molar-refractivity contribution in [2.45, 2.75) is 50.2 Å². The molecule has 0 aliphatic carbocycles. The van der Waals surface area contributed by atoms with E-state index in [0.29, 0.717) is 6.54 Å². The van der Waals surface area contributed by atoms with Crippen LogP contribution >= 0.6 is 0 Å². The van der Waals surface area contributed by atoms with Crippen molar-refractivity contribution < 1.29 is 22.3 Å². The lowest BCUT2D eigenvalue weighted by atomic mass is 10.1. The van der Waals surface area contributed by atoms with Crippen LogP contribution in [0.5, 0.6) is 0 Å². The van der Waals surface area contributed by atoms with E-state index in [1.54, 1.807) is 0 Å². The van der Waals surface area contributed by atoms with E-state index in [-0.39, 0.29) is 35.2 Å². The first-order chi connectivity index (χ1) is 12.2. The quantitative estimate of drug-likeness (QED) is 0.729. The van der Waals surface area contributed by atoms with Crippen LogP contribution in [0.25, 0.3) is 0 Å². The minimum absolute atomic E-state index is 0.0366. The standard InChI is InChI=1S/C18H27FN2O4S/c1-13(2)21(11-14-6-4-5-9-25-14)12-18(22)20-17-10-15(26(3,23)24)7-8-16(17)19/h7-8,10,13-14H,4-6,9,11-12H2,1-3H3,(H,20,22)/t14-/m1/s1. The predicted octanol–water partition coefficient (Wildman–Crippen LogP) is 2.45. The highest BCUT2D eigenvalue weighted by molar-refractivity contribution is 7.90. The molecule has 6 nitrogen and oxygen atoms in total. The topological polar surface area (TPSA) is 75.7 Å². The average Bonchev–Trinajstić information content (AvgIpc) is 2.56. The molecule has 0 bridgehead atoms. The molecule has 2 rings (SSSR count). The van der Waals surface area contributed by atoms with Crippen molar-refractivity contribution in [2.24, 2.45) is 0 Å². The number of halogens is 1. The minimum atomic E-state index is -3.48. The number of rotatable bonds is 7. The number of carbonyl (C=O) groups is 1. The van der Waals surface area contributed by atoms with Gasteiger partial charge in [-0.3, -0.25) is 9.69 Å². The summed E-state index contributed by atoms with van der Waals surface area (Å²) in [6.45, 7) is 5.44. The van der Waals surface area contributed by atoms with Gasteiger partial charge in [-0.05, 0) is 51.3 Å². The lowest BCUT2D eigenvalue weighted by Crippen LogP contribution is -2.43. The van der Waals surface area contributed by atoms with Crippen LogP contribution < -0.4 is 5.32 Å². The second-order valence-electron chi connectivity index (χ2n) is 6.97. The minimum Gasteiger partial charge on any atom is -0.377 e. The van der Waals surface area contributed by atoms with Gasteiger partial charge in [0.1, 0.15) is 5.82 Å². The first kappa shape index (κ1) is 20.8. The fraction of sp³-hybridized carbons (Fsp3) is 0.611. The molecule has 1 amide bonds. The highest BCUT2D eigenvalue weighted by Crippen LogP contribution is 2.20. The smallest absolute Gasteiger partial charge is 0.238 e. The zero-order valence-electron chi connectivity index (χ0n) is 15.5. The molecular weight excluding hydrogens is 359 g/mol. The van der Waals surface area contributed by atoms with Gasteiger partial charge in [-0.2, -0.15) is 0 Å². The van der Waals surface area contributed by atoms with Gasteiger partial charge in [0.15, 0.2) is 9.84 Å². The van der Waals surface area contributed by atoms with Crippen LogP contribution in [0.15, 0.2) is 23.1 Å². The van der Waals surface area contributed by atoms with Crippen molar-refractivity contribution in [3.05, 3.63) is 24.0 Å². The molecule has 1 heterocycles. The Bertz CT molecular complexity index is 731. The summed E-state index contributed by atoms with van der Waals surface area (Å²) in [5.74, 6) is -1.06. The lowest BCUT2D eigenvalue weighted by molar-refractivity contribution is -0.118. The summed E-state index contributed by atoms with van der Waals surface area (Å²) in [6.07, 6.45) is 4.29. The van der Waals surface area contributed by atoms with Crippen LogP contribution in [0.4, 0.5) is 10.1 Å². The number of ether oxygens (including phenoxy) is 1. The second-order valence-corrected chi connectivity index (χ2v) is 8.99. The van der Waals surface area contributed by atoms with Gasteiger partial charge < -0.3 is 10.1 Å². The molecule has 1 aromatic rings. The lowest BCUT2D eigenvalue weighted by Gasteiger charge is -2.32. The van der Waals surface area contributed by atoms with Crippen molar-refractivity contribution in [3.8, 4) is 0 Å². The molecule has 26 heavy (non-hydrogen) atoms. The van der Waals surface area contributed by atoms with E-state index in [2.05, 4.69) is 5.32 Å². The van der Waals surface area contributed by atoms with Gasteiger partial charge in [-0.25, -0.2) is 12.8 Å². The Morgan fingerprint density at radius 3 is 2.69 bits per heavy atom. The van der Waals surface area contributed by atoms with Gasteiger partial charge in [0, 0.05) is 25.4 Å². The highest BCUT2D eigenvalue weighted by Gasteiger charge is 2.22. The van der Waals surface area contributed by atoms with Crippen LogP contribution in [0.2, 0.25) is 0 Å². The summed E-state index contributed by atoms with van der Waals surface area (Å²) in [7, 11) is -3.48. The second kappa shape index (κ2) is 8.92. The molecule has 1 aliphatic rings. The van der Waals surface area contributed by atoms with Crippen molar-refractivity contribution >= 4 is 21.4 Å². The van der Waals surface area contributed by atoms with Gasteiger partial charge in [0.05, 0.1) is 23.2 Å². The number of sulfone groups is 1. The number of hydrogen-bond donors (Lipinski definition) is 1. The SMILES string of the molecule is CC(C)N(CC(=O)Nc1cc(S(C)(=O)=O)ccc1F)C[C@H]1CCCCO1. The van der Waals surface area contributed by atoms with Crippen molar-refractivity contribution in [2.75, 3.05) is 31.3 Å². The number of nitrogens with zero attached hydrogens (tertiary/aromatic N) is 1. The Morgan fingerprint density at radius 1 is 1.38 bits per heavy atom. The average molecular weight is 386 g/mol. The maximum absolute atomic E-state index is 13.9. The predicted molar refractivity (Wildman–Crippen MR) is 98.4 cm³/mol. The third kappa shape index (κ3) is 6.03. The zero-order valence-corrected chi connectivity index (χ0v) is 16.3. The van der Waals surface area contributed by atoms with Gasteiger partial charge in [-0.1, -0.05) is 0 Å². The number of anilines is 1. The molecule has 8 heteroatoms. The normalized spacial score (nSPS) is 18.3. The summed E-state index contributed by atoms with van der Waals surface area (Å²) in [5, 5.41) is 2.48. The monoisotopic (exact) mass is 386 g/mol. The van der Waals surface area contributed by atoms with Gasteiger partial charge in [0.25, 0.3) is 0 Å². The molecule has 1 fully saturated rings. The summed E-state index contributed by atoms with van der Waals surface area (Å²) >= 11 is 0. The molecule has 0 unspecified atom stereocenters. The molecule has 146 valence electrons. The van der Waals surface area contributed by atoms with Gasteiger partial charge in [-0.15, -0.1) is 0 Å². The largest absolute Gasteiger partial charge is 0.377 e. The number of benzene rings is 1. The van der Waals surface area contributed by atoms with Crippen LogP contribution in [0, 0.1) is 5.82 Å². The maximum Gasteiger partial charge on any atom is 0.238 e. The Kier molecular flexibility index (Phi) is 7.14. The van der Waals surface area contributed by atoms with Crippen LogP contribution in [-0.2, 0) is 19.4 Å². The number of nitrogens with one attached hydrogen (secondary N) is 1. The maximum atomic E-state index is 13.9. The van der Waals surface area contributed by atoms with Crippen LogP contribution in [0.3, 0.4) is 0 Å². The van der Waals surface area contributed by atoms with E-state index < -0.39 is 15.7 Å². The molecule has 1 aromatic carbocycles. The third-order valence-electron chi connectivity index (χ3n) is 4.43. The molecule has 1 atom stereocenters. The Morgan fingerprint density at radius 2 is 2.12 bits per heavy atom. The third-order valence-corrected chi connectivity index (χ3v) is 5.54.